The molecule has 0 aromatic carbocycles. The van der Waals surface area contributed by atoms with E-state index in [1.165, 1.54) is 25.7 Å². The van der Waals surface area contributed by atoms with E-state index in [9.17, 15) is 10.2 Å². The monoisotopic (exact) mass is 462 g/mol. The SMILES string of the molecule is CC(C)[C@H]1OC(C)(C)O[C@@H]1[C@@H](C)[C@H]1CC[C@H]2[C@@H]3C[C@H](O)[C@@H]4C[C@H](O)CC[C@]4(C)[C@H]3CC[C@]12C. The quantitative estimate of drug-likeness (QED) is 0.557. The second-order valence-electron chi connectivity index (χ2n) is 14.1. The number of hydrogen-bond acceptors (Lipinski definition) is 4. The van der Waals surface area contributed by atoms with Crippen LogP contribution in [0.5, 0.6) is 0 Å². The van der Waals surface area contributed by atoms with Gasteiger partial charge in [0.15, 0.2) is 5.79 Å². The van der Waals surface area contributed by atoms with Crippen molar-refractivity contribution in [1.82, 2.24) is 0 Å². The summed E-state index contributed by atoms with van der Waals surface area (Å²) in [6.45, 7) is 16.1. The molecule has 2 N–H and O–H groups in total. The Morgan fingerprint density at radius 3 is 2.06 bits per heavy atom. The van der Waals surface area contributed by atoms with Crippen LogP contribution >= 0.6 is 0 Å². The highest BCUT2D eigenvalue weighted by molar-refractivity contribution is 5.12. The molecule has 5 aliphatic rings. The van der Waals surface area contributed by atoms with Crippen LogP contribution in [0.3, 0.4) is 0 Å². The van der Waals surface area contributed by atoms with E-state index in [4.69, 9.17) is 9.47 Å². The van der Waals surface area contributed by atoms with Gasteiger partial charge in [-0.1, -0.05) is 34.6 Å². The molecule has 4 heteroatoms. The maximum atomic E-state index is 11.3. The van der Waals surface area contributed by atoms with Gasteiger partial charge in [0.1, 0.15) is 0 Å². The van der Waals surface area contributed by atoms with Gasteiger partial charge < -0.3 is 19.7 Å². The Labute approximate surface area is 202 Å². The molecule has 12 atom stereocenters. The van der Waals surface area contributed by atoms with Gasteiger partial charge in [0.25, 0.3) is 0 Å². The van der Waals surface area contributed by atoms with Crippen molar-refractivity contribution < 1.29 is 19.7 Å². The minimum Gasteiger partial charge on any atom is -0.393 e. The summed E-state index contributed by atoms with van der Waals surface area (Å²) in [6.07, 6.45) is 8.78. The summed E-state index contributed by atoms with van der Waals surface area (Å²) < 4.78 is 12.9. The van der Waals surface area contributed by atoms with Gasteiger partial charge in [-0.2, -0.15) is 0 Å². The van der Waals surface area contributed by atoms with Gasteiger partial charge >= 0.3 is 0 Å². The molecule has 5 fully saturated rings. The summed E-state index contributed by atoms with van der Waals surface area (Å²) in [5, 5.41) is 21.6. The van der Waals surface area contributed by atoms with Crippen molar-refractivity contribution in [2.45, 2.75) is 130 Å². The molecule has 1 saturated heterocycles. The van der Waals surface area contributed by atoms with Crippen LogP contribution in [0.1, 0.15) is 99.8 Å². The third-order valence-corrected chi connectivity index (χ3v) is 11.7. The third kappa shape index (κ3) is 3.76. The lowest BCUT2D eigenvalue weighted by molar-refractivity contribution is -0.176. The van der Waals surface area contributed by atoms with Crippen molar-refractivity contribution in [2.24, 2.45) is 52.3 Å². The number of aliphatic hydroxyl groups excluding tert-OH is 2. The zero-order valence-electron chi connectivity index (χ0n) is 22.2. The lowest BCUT2D eigenvalue weighted by Gasteiger charge is -2.62. The molecule has 1 heterocycles. The first-order valence-corrected chi connectivity index (χ1v) is 14.1. The molecule has 4 saturated carbocycles. The van der Waals surface area contributed by atoms with Crippen LogP contribution in [0.25, 0.3) is 0 Å². The Morgan fingerprint density at radius 1 is 0.727 bits per heavy atom. The molecule has 33 heavy (non-hydrogen) atoms. The fraction of sp³-hybridized carbons (Fsp3) is 1.00. The van der Waals surface area contributed by atoms with Crippen molar-refractivity contribution in [2.75, 3.05) is 0 Å². The van der Waals surface area contributed by atoms with E-state index in [0.29, 0.717) is 40.9 Å². The largest absolute Gasteiger partial charge is 0.393 e. The van der Waals surface area contributed by atoms with E-state index in [0.717, 1.165) is 25.7 Å². The fourth-order valence-electron chi connectivity index (χ4n) is 10.2. The highest BCUT2D eigenvalue weighted by atomic mass is 16.8. The molecular weight excluding hydrogens is 412 g/mol. The Bertz CT molecular complexity index is 735. The van der Waals surface area contributed by atoms with E-state index in [2.05, 4.69) is 48.5 Å². The first-order chi connectivity index (χ1) is 15.4. The molecular formula is C29H50O4. The van der Waals surface area contributed by atoms with Crippen LogP contribution in [0.4, 0.5) is 0 Å². The zero-order chi connectivity index (χ0) is 23.9. The van der Waals surface area contributed by atoms with Gasteiger partial charge in [0, 0.05) is 0 Å². The van der Waals surface area contributed by atoms with Crippen molar-refractivity contribution in [3.63, 3.8) is 0 Å². The topological polar surface area (TPSA) is 58.9 Å². The standard InChI is InChI=1S/C29H50O4/c1-16(2)25-26(33-27(4,5)32-25)17(3)20-8-9-21-19-15-24(31)23-14-18(30)10-12-29(23,7)22(19)11-13-28(20,21)6/h16-26,30-31H,8-15H2,1-7H3/t17-,18+,19-,20+,21-,22-,23-,24-,25+,26+,28+,29+/m0/s1. The predicted octanol–water partition coefficient (Wildman–Crippen LogP) is 5.79. The summed E-state index contributed by atoms with van der Waals surface area (Å²) in [4.78, 5) is 0. The van der Waals surface area contributed by atoms with Gasteiger partial charge in [0.05, 0.1) is 24.4 Å². The molecule has 0 spiro atoms. The molecule has 4 aliphatic carbocycles. The molecule has 0 aromatic rings. The van der Waals surface area contributed by atoms with Crippen LogP contribution in [0, 0.1) is 52.3 Å². The van der Waals surface area contributed by atoms with Crippen LogP contribution < -0.4 is 0 Å². The van der Waals surface area contributed by atoms with Crippen molar-refractivity contribution in [1.29, 1.82) is 0 Å². The molecule has 4 nitrogen and oxygen atoms in total. The highest BCUT2D eigenvalue weighted by Gasteiger charge is 2.63. The third-order valence-electron chi connectivity index (χ3n) is 11.7. The fourth-order valence-corrected chi connectivity index (χ4v) is 10.2. The maximum Gasteiger partial charge on any atom is 0.163 e. The highest BCUT2D eigenvalue weighted by Crippen LogP contribution is 2.68. The van der Waals surface area contributed by atoms with Crippen molar-refractivity contribution in [3.8, 4) is 0 Å². The van der Waals surface area contributed by atoms with Crippen LogP contribution in [-0.4, -0.2) is 40.4 Å². The molecule has 190 valence electrons. The van der Waals surface area contributed by atoms with E-state index >= 15 is 0 Å². The van der Waals surface area contributed by atoms with Crippen LogP contribution in [0.15, 0.2) is 0 Å². The minimum absolute atomic E-state index is 0.164. The van der Waals surface area contributed by atoms with E-state index in [-0.39, 0.29) is 35.7 Å². The minimum atomic E-state index is -0.493. The summed E-state index contributed by atoms with van der Waals surface area (Å²) >= 11 is 0. The molecule has 5 rings (SSSR count). The summed E-state index contributed by atoms with van der Waals surface area (Å²) in [6, 6.07) is 0. The van der Waals surface area contributed by atoms with E-state index in [1.54, 1.807) is 0 Å². The second-order valence-corrected chi connectivity index (χ2v) is 14.1. The van der Waals surface area contributed by atoms with Gasteiger partial charge in [-0.25, -0.2) is 0 Å². The van der Waals surface area contributed by atoms with Crippen LogP contribution in [-0.2, 0) is 9.47 Å². The zero-order valence-corrected chi connectivity index (χ0v) is 22.2. The Hall–Kier alpha value is -0.160. The van der Waals surface area contributed by atoms with Gasteiger partial charge in [-0.3, -0.25) is 0 Å². The molecule has 0 aromatic heterocycles. The number of rotatable bonds is 3. The van der Waals surface area contributed by atoms with Crippen molar-refractivity contribution >= 4 is 0 Å². The Balaban J connectivity index is 1.38. The number of aliphatic hydroxyl groups is 2. The molecule has 1 aliphatic heterocycles. The van der Waals surface area contributed by atoms with Crippen LogP contribution in [0.2, 0.25) is 0 Å². The number of hydrogen-bond donors (Lipinski definition) is 2. The lowest BCUT2D eigenvalue weighted by Crippen LogP contribution is -2.58. The number of fused-ring (bicyclic) bond motifs is 5. The smallest absolute Gasteiger partial charge is 0.163 e. The Morgan fingerprint density at radius 2 is 1.36 bits per heavy atom. The first-order valence-electron chi connectivity index (χ1n) is 14.1. The second kappa shape index (κ2) is 8.18. The van der Waals surface area contributed by atoms with E-state index < -0.39 is 5.79 Å². The molecule has 0 unspecified atom stereocenters. The predicted molar refractivity (Wildman–Crippen MR) is 130 cm³/mol. The Kier molecular flexibility index (Phi) is 6.08. The summed E-state index contributed by atoms with van der Waals surface area (Å²) in [5.41, 5.74) is 0.525. The maximum absolute atomic E-state index is 11.3. The van der Waals surface area contributed by atoms with Gasteiger partial charge in [0.2, 0.25) is 0 Å². The molecule has 0 amide bonds. The van der Waals surface area contributed by atoms with Gasteiger partial charge in [-0.05, 0) is 117 Å². The van der Waals surface area contributed by atoms with E-state index in [1.807, 2.05) is 0 Å². The number of ether oxygens (including phenoxy) is 2. The van der Waals surface area contributed by atoms with Crippen molar-refractivity contribution in [3.05, 3.63) is 0 Å². The molecule has 0 bridgehead atoms. The normalized spacial score (nSPS) is 54.5. The average molecular weight is 463 g/mol. The average Bonchev–Trinajstić information content (AvgIpc) is 3.25. The summed E-state index contributed by atoms with van der Waals surface area (Å²) in [7, 11) is 0. The summed E-state index contributed by atoms with van der Waals surface area (Å²) in [5.74, 6) is 3.41. The molecule has 0 radical (unpaired) electrons. The first kappa shape index (κ1) is 24.5. The lowest BCUT2D eigenvalue weighted by atomic mass is 9.43. The van der Waals surface area contributed by atoms with Gasteiger partial charge in [-0.15, -0.1) is 0 Å².